The van der Waals surface area contributed by atoms with E-state index in [1.54, 1.807) is 0 Å². The number of aromatic nitrogens is 4. The summed E-state index contributed by atoms with van der Waals surface area (Å²) in [7, 11) is 0. The minimum atomic E-state index is -0.363. The van der Waals surface area contributed by atoms with Crippen molar-refractivity contribution in [2.45, 2.75) is 6.92 Å². The van der Waals surface area contributed by atoms with Gasteiger partial charge < -0.3 is 13.6 Å². The van der Waals surface area contributed by atoms with Crippen LogP contribution in [0.4, 0.5) is 0 Å². The van der Waals surface area contributed by atoms with Crippen LogP contribution in [0.1, 0.15) is 5.56 Å². The van der Waals surface area contributed by atoms with Gasteiger partial charge in [-0.3, -0.25) is 0 Å². The fraction of sp³-hybridized carbons (Fsp3) is 0.0167. The first-order chi connectivity index (χ1) is 32.6. The molecule has 0 fully saturated rings. The molecule has 0 aliphatic heterocycles. The number of nitrogens with zero attached hydrogens (tertiary/aromatic N) is 4. The fourth-order valence-electron chi connectivity index (χ4n) is 10.1. The standard InChI is InChI=1S/C60H38N4O2/c1-37-55(38-16-5-2-6-17-38)61-59(39-18-7-3-8-19-39)62-56(37)42-20-15-23-44(34-42)64-54-36-41(29-31-48(54)49-32-33-50-45-24-11-12-26-51(45)60(65)66-58(50)57(49)64)40-28-30-47-46-25-13-14-27-52(46)63(53(47)35-40)43-21-9-4-10-22-43/h2-36H,1H3. The van der Waals surface area contributed by atoms with Gasteiger partial charge in [-0.15, -0.1) is 0 Å². The highest BCUT2D eigenvalue weighted by Gasteiger charge is 2.22. The van der Waals surface area contributed by atoms with Crippen molar-refractivity contribution in [3.63, 3.8) is 0 Å². The van der Waals surface area contributed by atoms with Gasteiger partial charge >= 0.3 is 5.63 Å². The lowest BCUT2D eigenvalue weighted by Gasteiger charge is -2.15. The molecular formula is C60H38N4O2. The number of benzene rings is 9. The van der Waals surface area contributed by atoms with Crippen molar-refractivity contribution in [3.05, 3.63) is 228 Å². The molecule has 6 heteroatoms. The van der Waals surface area contributed by atoms with Crippen molar-refractivity contribution in [1.29, 1.82) is 0 Å². The largest absolute Gasteiger partial charge is 0.420 e. The summed E-state index contributed by atoms with van der Waals surface area (Å²) in [6.45, 7) is 2.10. The molecule has 0 aliphatic rings. The van der Waals surface area contributed by atoms with E-state index in [0.29, 0.717) is 16.8 Å². The molecule has 0 aliphatic carbocycles. The Hall–Kier alpha value is -8.87. The van der Waals surface area contributed by atoms with Crippen LogP contribution in [0.5, 0.6) is 0 Å². The molecule has 0 saturated heterocycles. The van der Waals surface area contributed by atoms with Gasteiger partial charge in [0.1, 0.15) is 0 Å². The lowest BCUT2D eigenvalue weighted by atomic mass is 10.00. The Morgan fingerprint density at radius 3 is 1.62 bits per heavy atom. The SMILES string of the molecule is Cc1c(-c2ccccc2)nc(-c2ccccc2)nc1-c1cccc(-n2c3cc(-c4ccc5c6ccccc6n(-c6ccccc6)c5c4)ccc3c3ccc4c5ccccc5c(=O)oc4c32)c1. The zero-order chi connectivity index (χ0) is 43.9. The van der Waals surface area contributed by atoms with Crippen molar-refractivity contribution >= 4 is 65.4 Å². The number of hydrogen-bond donors (Lipinski definition) is 0. The quantitative estimate of drug-likeness (QED) is 0.123. The summed E-state index contributed by atoms with van der Waals surface area (Å²) in [5.41, 5.74) is 14.1. The van der Waals surface area contributed by atoms with E-state index < -0.39 is 0 Å². The molecule has 310 valence electrons. The van der Waals surface area contributed by atoms with Crippen molar-refractivity contribution in [1.82, 2.24) is 19.1 Å². The van der Waals surface area contributed by atoms with Crippen molar-refractivity contribution in [2.24, 2.45) is 0 Å². The Balaban J connectivity index is 1.08. The van der Waals surface area contributed by atoms with Crippen LogP contribution in [-0.2, 0) is 0 Å². The van der Waals surface area contributed by atoms with Gasteiger partial charge in [0.15, 0.2) is 11.4 Å². The van der Waals surface area contributed by atoms with Gasteiger partial charge in [-0.1, -0.05) is 158 Å². The molecule has 0 bridgehead atoms. The highest BCUT2D eigenvalue weighted by molar-refractivity contribution is 6.21. The monoisotopic (exact) mass is 846 g/mol. The van der Waals surface area contributed by atoms with Crippen LogP contribution in [0.25, 0.3) is 122 Å². The van der Waals surface area contributed by atoms with Gasteiger partial charge in [0.05, 0.1) is 38.8 Å². The summed E-state index contributed by atoms with van der Waals surface area (Å²) < 4.78 is 11.0. The third kappa shape index (κ3) is 5.85. The Kier molecular flexibility index (Phi) is 8.48. The highest BCUT2D eigenvalue weighted by Crippen LogP contribution is 2.42. The van der Waals surface area contributed by atoms with Crippen LogP contribution in [0.3, 0.4) is 0 Å². The molecule has 0 unspecified atom stereocenters. The smallest absolute Gasteiger partial charge is 0.344 e. The average Bonchev–Trinajstić information content (AvgIpc) is 3.90. The van der Waals surface area contributed by atoms with Crippen LogP contribution in [-0.4, -0.2) is 19.1 Å². The van der Waals surface area contributed by atoms with Crippen molar-refractivity contribution < 1.29 is 4.42 Å². The average molecular weight is 847 g/mol. The highest BCUT2D eigenvalue weighted by atomic mass is 16.4. The molecule has 9 aromatic carbocycles. The van der Waals surface area contributed by atoms with E-state index in [1.807, 2.05) is 60.7 Å². The van der Waals surface area contributed by atoms with E-state index in [2.05, 4.69) is 168 Å². The molecule has 0 saturated carbocycles. The van der Waals surface area contributed by atoms with Gasteiger partial charge in [-0.25, -0.2) is 14.8 Å². The van der Waals surface area contributed by atoms with Gasteiger partial charge in [-0.2, -0.15) is 0 Å². The van der Waals surface area contributed by atoms with Crippen LogP contribution < -0.4 is 5.63 Å². The maximum absolute atomic E-state index is 13.8. The second-order valence-corrected chi connectivity index (χ2v) is 16.9. The van der Waals surface area contributed by atoms with Gasteiger partial charge in [0.2, 0.25) is 0 Å². The topological polar surface area (TPSA) is 65.8 Å². The minimum absolute atomic E-state index is 0.363. The molecule has 4 aromatic heterocycles. The van der Waals surface area contributed by atoms with E-state index >= 15 is 0 Å². The molecule has 13 rings (SSSR count). The maximum atomic E-state index is 13.8. The lowest BCUT2D eigenvalue weighted by Crippen LogP contribution is -2.02. The Morgan fingerprint density at radius 2 is 0.894 bits per heavy atom. The summed E-state index contributed by atoms with van der Waals surface area (Å²) in [6.07, 6.45) is 0. The second kappa shape index (κ2) is 14.9. The summed E-state index contributed by atoms with van der Waals surface area (Å²) in [5, 5.41) is 6.74. The third-order valence-electron chi connectivity index (χ3n) is 13.1. The molecule has 13 aromatic rings. The first-order valence-electron chi connectivity index (χ1n) is 22.2. The van der Waals surface area contributed by atoms with Crippen LogP contribution in [0, 0.1) is 6.92 Å². The zero-order valence-electron chi connectivity index (χ0n) is 35.8. The van der Waals surface area contributed by atoms with Gasteiger partial charge in [0, 0.05) is 60.6 Å². The molecule has 0 N–H and O–H groups in total. The first kappa shape index (κ1) is 37.7. The van der Waals surface area contributed by atoms with Gasteiger partial charge in [-0.05, 0) is 78.0 Å². The van der Waals surface area contributed by atoms with E-state index in [1.165, 1.54) is 10.8 Å². The van der Waals surface area contributed by atoms with Gasteiger partial charge in [0.25, 0.3) is 0 Å². The first-order valence-corrected chi connectivity index (χ1v) is 22.2. The second-order valence-electron chi connectivity index (χ2n) is 16.9. The summed E-state index contributed by atoms with van der Waals surface area (Å²) in [5.74, 6) is 0.657. The van der Waals surface area contributed by atoms with Crippen molar-refractivity contribution in [3.8, 4) is 56.4 Å². The maximum Gasteiger partial charge on any atom is 0.344 e. The van der Waals surface area contributed by atoms with Crippen LogP contribution >= 0.6 is 0 Å². The summed E-state index contributed by atoms with van der Waals surface area (Å²) in [4.78, 5) is 24.3. The number of hydrogen-bond acceptors (Lipinski definition) is 4. The molecule has 66 heavy (non-hydrogen) atoms. The lowest BCUT2D eigenvalue weighted by molar-refractivity contribution is 0.572. The molecule has 0 radical (unpaired) electrons. The molecule has 6 nitrogen and oxygen atoms in total. The summed E-state index contributed by atoms with van der Waals surface area (Å²) >= 11 is 0. The number of rotatable bonds is 6. The van der Waals surface area contributed by atoms with Crippen LogP contribution in [0.15, 0.2) is 222 Å². The van der Waals surface area contributed by atoms with E-state index in [-0.39, 0.29) is 5.63 Å². The van der Waals surface area contributed by atoms with Crippen molar-refractivity contribution in [2.75, 3.05) is 0 Å². The predicted molar refractivity (Wildman–Crippen MR) is 271 cm³/mol. The van der Waals surface area contributed by atoms with Crippen LogP contribution in [0.2, 0.25) is 0 Å². The zero-order valence-corrected chi connectivity index (χ0v) is 35.8. The van der Waals surface area contributed by atoms with E-state index in [4.69, 9.17) is 14.4 Å². The minimum Gasteiger partial charge on any atom is -0.420 e. The normalized spacial score (nSPS) is 11.8. The number of para-hydroxylation sites is 2. The molecule has 4 heterocycles. The number of fused-ring (bicyclic) bond motifs is 10. The van der Waals surface area contributed by atoms with E-state index in [9.17, 15) is 4.79 Å². The third-order valence-corrected chi connectivity index (χ3v) is 13.1. The summed E-state index contributed by atoms with van der Waals surface area (Å²) in [6, 6.07) is 73.6. The molecule has 0 amide bonds. The predicted octanol–water partition coefficient (Wildman–Crippen LogP) is 14.9. The fourth-order valence-corrected chi connectivity index (χ4v) is 10.1. The molecule has 0 atom stereocenters. The Bertz CT molecular complexity index is 4130. The molecular weight excluding hydrogens is 809 g/mol. The Morgan fingerprint density at radius 1 is 0.379 bits per heavy atom. The van der Waals surface area contributed by atoms with E-state index in [0.717, 1.165) is 99.8 Å². The molecule has 0 spiro atoms. The Labute approximate surface area is 378 Å².